The van der Waals surface area contributed by atoms with Gasteiger partial charge in [-0.25, -0.2) is 0 Å². The second-order valence-electron chi connectivity index (χ2n) is 18.1. The summed E-state index contributed by atoms with van der Waals surface area (Å²) >= 11 is 0. The first kappa shape index (κ1) is 45.8. The Morgan fingerprint density at radius 1 is 0.151 bits per heavy atom. The Morgan fingerprint density at radius 2 is 0.301 bits per heavy atom. The number of nitrogens with zero attached hydrogens (tertiary/aromatic N) is 5. The molecule has 0 bridgehead atoms. The first-order valence-electron chi connectivity index (χ1n) is 24.8. The van der Waals surface area contributed by atoms with E-state index in [0.717, 1.165) is 85.3 Å². The first-order valence-corrected chi connectivity index (χ1v) is 24.8. The largest absolute Gasteiger partial charge is 0.311 e. The Kier molecular flexibility index (Phi) is 13.3. The maximum atomic E-state index is 2.32. The molecule has 0 aliphatic heterocycles. The molecule has 0 unspecified atom stereocenters. The molecular formula is C68H55N5. The highest BCUT2D eigenvalue weighted by atomic mass is 15.2. The van der Waals surface area contributed by atoms with Crippen molar-refractivity contribution in [2.24, 2.45) is 0 Å². The Balaban J connectivity index is 0.916. The molecule has 73 heavy (non-hydrogen) atoms. The molecule has 11 aromatic rings. The highest BCUT2D eigenvalue weighted by molar-refractivity contribution is 5.86. The smallest absolute Gasteiger partial charge is 0.0464 e. The molecule has 0 aromatic heterocycles. The van der Waals surface area contributed by atoms with Crippen LogP contribution in [0, 0.1) is 13.8 Å². The zero-order valence-electron chi connectivity index (χ0n) is 41.0. The third kappa shape index (κ3) is 10.1. The number of para-hydroxylation sites is 5. The number of hydrogen-bond donors (Lipinski definition) is 0. The number of benzene rings is 11. The molecular weight excluding hydrogens is 887 g/mol. The molecule has 11 aromatic carbocycles. The van der Waals surface area contributed by atoms with Gasteiger partial charge in [0.05, 0.1) is 0 Å². The van der Waals surface area contributed by atoms with Gasteiger partial charge in [0.1, 0.15) is 0 Å². The predicted molar refractivity (Wildman–Crippen MR) is 309 cm³/mol. The molecule has 0 aliphatic rings. The summed E-state index contributed by atoms with van der Waals surface area (Å²) in [6.45, 7) is 4.28. The van der Waals surface area contributed by atoms with Gasteiger partial charge in [-0.1, -0.05) is 115 Å². The van der Waals surface area contributed by atoms with Crippen molar-refractivity contribution in [3.05, 3.63) is 308 Å². The molecule has 11 rings (SSSR count). The summed E-state index contributed by atoms with van der Waals surface area (Å²) < 4.78 is 0. The van der Waals surface area contributed by atoms with Crippen LogP contribution < -0.4 is 24.5 Å². The van der Waals surface area contributed by atoms with Gasteiger partial charge in [0.15, 0.2) is 0 Å². The zero-order chi connectivity index (χ0) is 49.3. The van der Waals surface area contributed by atoms with Crippen molar-refractivity contribution in [1.29, 1.82) is 0 Å². The van der Waals surface area contributed by atoms with Crippen LogP contribution >= 0.6 is 0 Å². The quantitative estimate of drug-likeness (QED) is 0.101. The van der Waals surface area contributed by atoms with Gasteiger partial charge in [0.2, 0.25) is 0 Å². The third-order valence-corrected chi connectivity index (χ3v) is 13.1. The Bertz CT molecular complexity index is 3280. The fourth-order valence-electron chi connectivity index (χ4n) is 9.66. The van der Waals surface area contributed by atoms with Crippen molar-refractivity contribution < 1.29 is 0 Å². The van der Waals surface area contributed by atoms with Gasteiger partial charge in [0.25, 0.3) is 0 Å². The van der Waals surface area contributed by atoms with E-state index in [1.165, 1.54) is 11.1 Å². The van der Waals surface area contributed by atoms with E-state index in [9.17, 15) is 0 Å². The van der Waals surface area contributed by atoms with Gasteiger partial charge in [-0.15, -0.1) is 0 Å². The van der Waals surface area contributed by atoms with Crippen molar-refractivity contribution in [2.75, 3.05) is 24.5 Å². The Hall–Kier alpha value is -9.58. The van der Waals surface area contributed by atoms with Crippen LogP contribution in [0.15, 0.2) is 297 Å². The summed E-state index contributed by atoms with van der Waals surface area (Å²) in [4.78, 5) is 11.6. The van der Waals surface area contributed by atoms with Gasteiger partial charge in [-0.05, 0) is 207 Å². The van der Waals surface area contributed by atoms with E-state index in [1.807, 2.05) is 0 Å². The second kappa shape index (κ2) is 21.2. The summed E-state index contributed by atoms with van der Waals surface area (Å²) in [5, 5.41) is 0. The normalized spacial score (nSPS) is 10.9. The lowest BCUT2D eigenvalue weighted by molar-refractivity contribution is 1.23. The first-order chi connectivity index (χ1) is 36.0. The van der Waals surface area contributed by atoms with Crippen LogP contribution in [0.4, 0.5) is 85.3 Å². The molecule has 5 heteroatoms. The van der Waals surface area contributed by atoms with Crippen LogP contribution in [-0.2, 0) is 0 Å². The van der Waals surface area contributed by atoms with Crippen molar-refractivity contribution in [2.45, 2.75) is 13.8 Å². The Morgan fingerprint density at radius 3 is 0.479 bits per heavy atom. The molecule has 0 atom stereocenters. The van der Waals surface area contributed by atoms with Gasteiger partial charge in [-0.2, -0.15) is 0 Å². The summed E-state index contributed by atoms with van der Waals surface area (Å²) in [6.07, 6.45) is 0. The maximum absolute atomic E-state index is 2.32. The van der Waals surface area contributed by atoms with E-state index in [4.69, 9.17) is 0 Å². The lowest BCUT2D eigenvalue weighted by Crippen LogP contribution is -2.13. The summed E-state index contributed by atoms with van der Waals surface area (Å²) in [5.41, 5.74) is 18.6. The summed E-state index contributed by atoms with van der Waals surface area (Å²) in [5.74, 6) is 0. The van der Waals surface area contributed by atoms with E-state index in [2.05, 4.69) is 336 Å². The molecule has 352 valence electrons. The van der Waals surface area contributed by atoms with Crippen molar-refractivity contribution >= 4 is 85.3 Å². The molecule has 5 nitrogen and oxygen atoms in total. The van der Waals surface area contributed by atoms with Crippen LogP contribution in [0.3, 0.4) is 0 Å². The van der Waals surface area contributed by atoms with E-state index in [-0.39, 0.29) is 0 Å². The van der Waals surface area contributed by atoms with Crippen LogP contribution in [0.25, 0.3) is 0 Å². The lowest BCUT2D eigenvalue weighted by Gasteiger charge is -2.30. The van der Waals surface area contributed by atoms with Gasteiger partial charge in [0, 0.05) is 85.3 Å². The highest BCUT2D eigenvalue weighted by Crippen LogP contribution is 2.44. The van der Waals surface area contributed by atoms with Gasteiger partial charge in [-0.3, -0.25) is 0 Å². The van der Waals surface area contributed by atoms with Crippen LogP contribution in [0.1, 0.15) is 11.1 Å². The summed E-state index contributed by atoms with van der Waals surface area (Å²) in [7, 11) is 0. The Labute approximate surface area is 430 Å². The predicted octanol–water partition coefficient (Wildman–Crippen LogP) is 19.7. The number of rotatable bonds is 15. The number of aryl methyl sites for hydroxylation is 2. The third-order valence-electron chi connectivity index (χ3n) is 13.1. The molecule has 0 fully saturated rings. The number of anilines is 15. The van der Waals surface area contributed by atoms with Crippen LogP contribution in [0.2, 0.25) is 0 Å². The molecule has 0 spiro atoms. The molecule has 0 amide bonds. The second-order valence-corrected chi connectivity index (χ2v) is 18.1. The molecule has 0 saturated heterocycles. The van der Waals surface area contributed by atoms with Crippen LogP contribution in [-0.4, -0.2) is 0 Å². The number of hydrogen-bond acceptors (Lipinski definition) is 5. The average Bonchev–Trinajstić information content (AvgIpc) is 3.45. The van der Waals surface area contributed by atoms with Crippen molar-refractivity contribution in [1.82, 2.24) is 0 Å². The fourth-order valence-corrected chi connectivity index (χ4v) is 9.66. The van der Waals surface area contributed by atoms with E-state index >= 15 is 0 Å². The van der Waals surface area contributed by atoms with Gasteiger partial charge >= 0.3 is 0 Å². The molecule has 0 aliphatic carbocycles. The fraction of sp³-hybridized carbons (Fsp3) is 0.0294. The average molecular weight is 942 g/mol. The minimum Gasteiger partial charge on any atom is -0.311 e. The monoisotopic (exact) mass is 941 g/mol. The minimum atomic E-state index is 1.05. The minimum absolute atomic E-state index is 1.05. The lowest BCUT2D eigenvalue weighted by atomic mass is 10.1. The zero-order valence-corrected chi connectivity index (χ0v) is 41.0. The topological polar surface area (TPSA) is 16.2 Å². The SMILES string of the molecule is Cc1cccc(N(c2ccccc2)c2ccc(N(c3ccccc3)c3ccc(N(c4ccccc4)c4ccc(N(c5ccccc5)c5ccc(N(c6ccccc6)c6cccc(C)c6)cc5)cc4)cc3)cc2)c1. The molecule has 0 radical (unpaired) electrons. The van der Waals surface area contributed by atoms with E-state index < -0.39 is 0 Å². The molecule has 0 N–H and O–H groups in total. The van der Waals surface area contributed by atoms with Gasteiger partial charge < -0.3 is 24.5 Å². The summed E-state index contributed by atoms with van der Waals surface area (Å²) in [6, 6.07) is 106. The van der Waals surface area contributed by atoms with E-state index in [1.54, 1.807) is 0 Å². The standard InChI is InChI=1S/C68H55N5/c1-52-20-18-32-67(50-52)72(57-28-14-6-15-29-57)65-46-42-63(43-47-65)70(55-24-10-4-11-25-55)61-38-34-59(35-39-61)69(54-22-8-3-9-23-54)60-36-40-62(41-37-60)71(56-26-12-5-13-27-56)64-44-48-66(49-45-64)73(58-30-16-7-17-31-58)68-33-19-21-53(2)51-68/h3-51H,1-2H3. The molecule has 0 saturated carbocycles. The van der Waals surface area contributed by atoms with E-state index in [0.29, 0.717) is 0 Å². The van der Waals surface area contributed by atoms with Crippen molar-refractivity contribution in [3.63, 3.8) is 0 Å². The molecule has 0 heterocycles. The maximum Gasteiger partial charge on any atom is 0.0464 e. The highest BCUT2D eigenvalue weighted by Gasteiger charge is 2.20. The van der Waals surface area contributed by atoms with Crippen LogP contribution in [0.5, 0.6) is 0 Å². The van der Waals surface area contributed by atoms with Crippen molar-refractivity contribution in [3.8, 4) is 0 Å².